The summed E-state index contributed by atoms with van der Waals surface area (Å²) in [5.41, 5.74) is -0.0736. The summed E-state index contributed by atoms with van der Waals surface area (Å²) in [7, 11) is 3.80. The molecule has 1 aliphatic rings. The first-order valence-electron chi connectivity index (χ1n) is 8.28. The topological polar surface area (TPSA) is 67.6 Å². The van der Waals surface area contributed by atoms with E-state index in [0.717, 1.165) is 43.5 Å². The number of likely N-dealkylation sites (tertiary alicyclic amines) is 1. The van der Waals surface area contributed by atoms with E-state index in [1.807, 2.05) is 25.6 Å². The lowest BCUT2D eigenvalue weighted by molar-refractivity contribution is -0.0772. The minimum atomic E-state index is -0.0736. The lowest BCUT2D eigenvalue weighted by Crippen LogP contribution is -2.47. The van der Waals surface area contributed by atoms with Gasteiger partial charge in [0, 0.05) is 27.2 Å². The number of piperidine rings is 1. The van der Waals surface area contributed by atoms with E-state index in [1.54, 1.807) is 0 Å². The van der Waals surface area contributed by atoms with Crippen molar-refractivity contribution in [2.75, 3.05) is 20.1 Å². The van der Waals surface area contributed by atoms with Gasteiger partial charge in [0.05, 0.1) is 18.2 Å². The van der Waals surface area contributed by atoms with Gasteiger partial charge in [-0.25, -0.2) is 0 Å². The Kier molecular flexibility index (Phi) is 7.91. The first kappa shape index (κ1) is 21.1. The first-order valence-corrected chi connectivity index (χ1v) is 8.28. The molecule has 1 fully saturated rings. The van der Waals surface area contributed by atoms with Crippen LogP contribution in [-0.2, 0) is 18.3 Å². The van der Waals surface area contributed by atoms with Crippen LogP contribution in [0.1, 0.15) is 45.3 Å². The number of hydrogen-bond acceptors (Lipinski definition) is 4. The molecule has 0 bridgehead atoms. The van der Waals surface area contributed by atoms with Crippen molar-refractivity contribution >= 4 is 29.9 Å². The number of nitrogens with zero attached hydrogens (tertiary/aromatic N) is 5. The highest BCUT2D eigenvalue weighted by Gasteiger charge is 2.25. The second-order valence-corrected chi connectivity index (χ2v) is 7.04. The molecule has 1 N–H and O–H groups in total. The summed E-state index contributed by atoms with van der Waals surface area (Å²) in [6.45, 7) is 10.8. The second kappa shape index (κ2) is 8.98. The molecular weight excluding hydrogens is 419 g/mol. The maximum Gasteiger partial charge on any atom is 0.194 e. The zero-order valence-corrected chi connectivity index (χ0v) is 18.0. The van der Waals surface area contributed by atoms with Crippen molar-refractivity contribution in [3.8, 4) is 0 Å². The average Bonchev–Trinajstić information content (AvgIpc) is 2.80. The number of aryl methyl sites for hydroxylation is 1. The Hall–Kier alpha value is -0.900. The van der Waals surface area contributed by atoms with Gasteiger partial charge in [0.1, 0.15) is 5.82 Å². The molecule has 2 rings (SSSR count). The number of guanidine groups is 1. The minimum Gasteiger partial charge on any atom is -0.372 e. The standard InChI is InChI=1S/C16H30N6O.HI/c1-12-19-20-14(21(12)6)11-18-15(17-5)22-9-7-13(8-10-22)23-16(2,3)4;/h13H,7-11H2,1-6H3,(H,17,18);1H. The van der Waals surface area contributed by atoms with Gasteiger partial charge in [-0.05, 0) is 40.5 Å². The Morgan fingerprint density at radius 3 is 2.38 bits per heavy atom. The van der Waals surface area contributed by atoms with E-state index in [1.165, 1.54) is 0 Å². The van der Waals surface area contributed by atoms with Crippen molar-refractivity contribution in [2.45, 2.75) is 58.8 Å². The van der Waals surface area contributed by atoms with Gasteiger partial charge in [-0.1, -0.05) is 0 Å². The zero-order chi connectivity index (χ0) is 17.0. The number of ether oxygens (including phenoxy) is 1. The van der Waals surface area contributed by atoms with Gasteiger partial charge in [0.2, 0.25) is 0 Å². The van der Waals surface area contributed by atoms with Crippen molar-refractivity contribution in [2.24, 2.45) is 12.0 Å². The lowest BCUT2D eigenvalue weighted by atomic mass is 10.1. The Bertz CT molecular complexity index is 543. The number of nitrogens with one attached hydrogen (secondary N) is 1. The fourth-order valence-electron chi connectivity index (χ4n) is 2.78. The fourth-order valence-corrected chi connectivity index (χ4v) is 2.78. The predicted octanol–water partition coefficient (Wildman–Crippen LogP) is 2.10. The van der Waals surface area contributed by atoms with Gasteiger partial charge in [-0.3, -0.25) is 4.99 Å². The van der Waals surface area contributed by atoms with Crippen molar-refractivity contribution in [1.29, 1.82) is 0 Å². The van der Waals surface area contributed by atoms with Crippen LogP contribution in [0.3, 0.4) is 0 Å². The predicted molar refractivity (Wildman–Crippen MR) is 107 cm³/mol. The van der Waals surface area contributed by atoms with Gasteiger partial charge >= 0.3 is 0 Å². The molecule has 0 aromatic carbocycles. The van der Waals surface area contributed by atoms with E-state index in [4.69, 9.17) is 4.74 Å². The SMILES string of the molecule is CN=C(NCc1nnc(C)n1C)N1CCC(OC(C)(C)C)CC1.I. The van der Waals surface area contributed by atoms with Gasteiger partial charge in [-0.15, -0.1) is 34.2 Å². The monoisotopic (exact) mass is 450 g/mol. The maximum absolute atomic E-state index is 6.08. The molecule has 1 aromatic rings. The van der Waals surface area contributed by atoms with Crippen molar-refractivity contribution in [1.82, 2.24) is 25.0 Å². The molecular formula is C16H31IN6O. The summed E-state index contributed by atoms with van der Waals surface area (Å²) in [4.78, 5) is 6.68. The molecule has 1 saturated heterocycles. The van der Waals surface area contributed by atoms with Gasteiger partial charge in [-0.2, -0.15) is 0 Å². The molecule has 8 heteroatoms. The first-order chi connectivity index (χ1) is 10.8. The zero-order valence-electron chi connectivity index (χ0n) is 15.7. The number of halogens is 1. The van der Waals surface area contributed by atoms with Gasteiger partial charge in [0.15, 0.2) is 11.8 Å². The molecule has 0 atom stereocenters. The molecule has 0 unspecified atom stereocenters. The van der Waals surface area contributed by atoms with Crippen molar-refractivity contribution < 1.29 is 4.74 Å². The van der Waals surface area contributed by atoms with Crippen LogP contribution in [0.5, 0.6) is 0 Å². The van der Waals surface area contributed by atoms with Crippen LogP contribution >= 0.6 is 24.0 Å². The third kappa shape index (κ3) is 5.87. The molecule has 24 heavy (non-hydrogen) atoms. The molecule has 7 nitrogen and oxygen atoms in total. The second-order valence-electron chi connectivity index (χ2n) is 7.04. The van der Waals surface area contributed by atoms with E-state index < -0.39 is 0 Å². The molecule has 0 aliphatic carbocycles. The fraction of sp³-hybridized carbons (Fsp3) is 0.812. The Labute approximate surface area is 162 Å². The summed E-state index contributed by atoms with van der Waals surface area (Å²) in [5, 5.41) is 11.6. The molecule has 0 spiro atoms. The van der Waals surface area contributed by atoms with Gasteiger partial charge in [0.25, 0.3) is 0 Å². The third-order valence-electron chi connectivity index (χ3n) is 4.06. The van der Waals surface area contributed by atoms with Crippen LogP contribution in [-0.4, -0.2) is 57.5 Å². The average molecular weight is 450 g/mol. The van der Waals surface area contributed by atoms with Crippen LogP contribution in [0.25, 0.3) is 0 Å². The third-order valence-corrected chi connectivity index (χ3v) is 4.06. The van der Waals surface area contributed by atoms with Crippen LogP contribution < -0.4 is 5.32 Å². The summed E-state index contributed by atoms with van der Waals surface area (Å²) in [6, 6.07) is 0. The lowest BCUT2D eigenvalue weighted by Gasteiger charge is -2.36. The van der Waals surface area contributed by atoms with E-state index in [2.05, 4.69) is 46.2 Å². The van der Waals surface area contributed by atoms with Gasteiger partial charge < -0.3 is 19.5 Å². The highest BCUT2D eigenvalue weighted by Crippen LogP contribution is 2.20. The van der Waals surface area contributed by atoms with E-state index in [0.29, 0.717) is 12.6 Å². The maximum atomic E-state index is 6.08. The van der Waals surface area contributed by atoms with Crippen LogP contribution in [0.2, 0.25) is 0 Å². The molecule has 2 heterocycles. The summed E-state index contributed by atoms with van der Waals surface area (Å²) < 4.78 is 8.07. The molecule has 0 saturated carbocycles. The van der Waals surface area contributed by atoms with E-state index in [9.17, 15) is 0 Å². The van der Waals surface area contributed by atoms with Crippen LogP contribution in [0.4, 0.5) is 0 Å². The van der Waals surface area contributed by atoms with E-state index >= 15 is 0 Å². The summed E-state index contributed by atoms with van der Waals surface area (Å²) >= 11 is 0. The van der Waals surface area contributed by atoms with E-state index in [-0.39, 0.29) is 29.6 Å². The Balaban J connectivity index is 0.00000288. The molecule has 1 aromatic heterocycles. The molecule has 0 amide bonds. The molecule has 138 valence electrons. The summed E-state index contributed by atoms with van der Waals surface area (Å²) in [6.07, 6.45) is 2.40. The largest absolute Gasteiger partial charge is 0.372 e. The van der Waals surface area contributed by atoms with Crippen molar-refractivity contribution in [3.63, 3.8) is 0 Å². The number of aliphatic imine (C=N–C) groups is 1. The smallest absolute Gasteiger partial charge is 0.194 e. The number of aromatic nitrogens is 3. The molecule has 0 radical (unpaired) electrons. The number of rotatable bonds is 3. The van der Waals surface area contributed by atoms with Crippen molar-refractivity contribution in [3.05, 3.63) is 11.6 Å². The van der Waals surface area contributed by atoms with Crippen LogP contribution in [0, 0.1) is 6.92 Å². The normalized spacial score (nSPS) is 16.9. The quantitative estimate of drug-likeness (QED) is 0.434. The Morgan fingerprint density at radius 1 is 1.29 bits per heavy atom. The van der Waals surface area contributed by atoms with Crippen LogP contribution in [0.15, 0.2) is 4.99 Å². The highest BCUT2D eigenvalue weighted by atomic mass is 127. The molecule has 1 aliphatic heterocycles. The summed E-state index contributed by atoms with van der Waals surface area (Å²) in [5.74, 6) is 2.74. The Morgan fingerprint density at radius 2 is 1.92 bits per heavy atom. The highest BCUT2D eigenvalue weighted by molar-refractivity contribution is 14.0. The number of hydrogen-bond donors (Lipinski definition) is 1. The minimum absolute atomic E-state index is 0.